The Hall–Kier alpha value is -0.535. The average Bonchev–Trinajstić information content (AvgIpc) is 1.89. The van der Waals surface area contributed by atoms with Gasteiger partial charge in [-0.3, -0.25) is 0 Å². The summed E-state index contributed by atoms with van der Waals surface area (Å²) in [5, 5.41) is 0. The van der Waals surface area contributed by atoms with E-state index in [0.717, 1.165) is 0 Å². The van der Waals surface area contributed by atoms with Crippen molar-refractivity contribution in [2.45, 2.75) is 6.92 Å². The van der Waals surface area contributed by atoms with Gasteiger partial charge in [0.15, 0.2) is 0 Å². The van der Waals surface area contributed by atoms with Crippen molar-refractivity contribution >= 4 is 21.3 Å². The number of hydrogen-bond acceptors (Lipinski definition) is 2. The van der Waals surface area contributed by atoms with Crippen molar-refractivity contribution in [3.63, 3.8) is 0 Å². The summed E-state index contributed by atoms with van der Waals surface area (Å²) >= 11 is 0. The van der Waals surface area contributed by atoms with Gasteiger partial charge in [-0.2, -0.15) is 0 Å². The normalized spacial score (nSPS) is 16.2. The van der Waals surface area contributed by atoms with E-state index in [-0.39, 0.29) is 5.97 Å². The Balaban J connectivity index is 0. The molecule has 0 amide bonds. The predicted octanol–water partition coefficient (Wildman–Crippen LogP) is 3.25. The molecule has 0 saturated heterocycles. The Morgan fingerprint density at radius 3 is 1.57 bits per heavy atom. The number of carbonyl (C=O) groups is 1. The van der Waals surface area contributed by atoms with Crippen LogP contribution >= 0.6 is 7.81 Å². The van der Waals surface area contributed by atoms with Crippen molar-refractivity contribution in [3.8, 4) is 0 Å². The first-order chi connectivity index (χ1) is 8.61. The van der Waals surface area contributed by atoms with Crippen LogP contribution in [0.25, 0.3) is 0 Å². The van der Waals surface area contributed by atoms with Gasteiger partial charge in [0, 0.05) is 35.2 Å². The van der Waals surface area contributed by atoms with Crippen molar-refractivity contribution in [1.82, 2.24) is 0 Å². The number of hydrogen-bond donors (Lipinski definition) is 0. The third-order valence-electron chi connectivity index (χ3n) is 1.50. The Bertz CT molecular complexity index is 354. The van der Waals surface area contributed by atoms with Crippen LogP contribution < -0.4 is 0 Å². The van der Waals surface area contributed by atoms with Crippen molar-refractivity contribution in [1.29, 1.82) is 0 Å². The summed E-state index contributed by atoms with van der Waals surface area (Å²) in [5.74, 6) is -0.151. The van der Waals surface area contributed by atoms with Crippen molar-refractivity contribution in [2.75, 3.05) is 48.4 Å². The van der Waals surface area contributed by atoms with E-state index in [2.05, 4.69) is 28.7 Å². The Morgan fingerprint density at radius 2 is 1.33 bits per heavy atom. The fraction of sp³-hybridized carbons (Fsp3) is 0.889. The summed E-state index contributed by atoms with van der Waals surface area (Å²) in [7, 11) is 1.58. The van der Waals surface area contributed by atoms with Crippen LogP contribution in [0.5, 0.6) is 0 Å². The number of ether oxygens (including phenoxy) is 1. The molecular weight excluding hydrogens is 324 g/mol. The molecule has 0 bridgehead atoms. The summed E-state index contributed by atoms with van der Waals surface area (Å²) in [4.78, 5) is 11.3. The number of halogens is 6. The van der Waals surface area contributed by atoms with Gasteiger partial charge in [-0.25, -0.2) is 4.79 Å². The molecule has 2 radical (unpaired) electrons. The molecular formula is C9H22BF6N2O2P. The van der Waals surface area contributed by atoms with Crippen LogP contribution in [-0.2, 0) is 9.53 Å². The topological polar surface area (TPSA) is 26.3 Å². The second-order valence-electron chi connectivity index (χ2n) is 5.93. The first kappa shape index (κ1) is 22.7. The van der Waals surface area contributed by atoms with E-state index in [1.165, 1.54) is 0 Å². The monoisotopic (exact) mass is 346 g/mol. The number of likely N-dealkylation sites (N-methyl/N-ethyl adjacent to an activating group) is 1. The standard InChI is InChI=1S/C9H22BN2O2.F6P/c1-7-14-9(13)8-12(5,6)10-11(2,3)4;1-7(2,3,4,5)6/h7-8H2,1-6H3;/q+1;-1. The van der Waals surface area contributed by atoms with Crippen molar-refractivity contribution < 1.29 is 43.5 Å². The van der Waals surface area contributed by atoms with Gasteiger partial charge in [0.2, 0.25) is 0 Å². The molecule has 0 saturated carbocycles. The minimum atomic E-state index is -10.7. The van der Waals surface area contributed by atoms with E-state index in [0.29, 0.717) is 21.9 Å². The molecule has 0 rings (SSSR count). The van der Waals surface area contributed by atoms with Crippen molar-refractivity contribution in [3.05, 3.63) is 0 Å². The van der Waals surface area contributed by atoms with Gasteiger partial charge in [-0.15, -0.1) is 0 Å². The first-order valence-electron chi connectivity index (χ1n) is 5.84. The summed E-state index contributed by atoms with van der Waals surface area (Å²) in [6.45, 7) is 2.65. The zero-order valence-electron chi connectivity index (χ0n) is 12.9. The van der Waals surface area contributed by atoms with E-state index < -0.39 is 7.81 Å². The predicted molar refractivity (Wildman–Crippen MR) is 71.0 cm³/mol. The van der Waals surface area contributed by atoms with E-state index in [9.17, 15) is 30.0 Å². The number of rotatable bonds is 5. The molecule has 21 heavy (non-hydrogen) atoms. The second-order valence-corrected chi connectivity index (χ2v) is 7.85. The molecule has 0 aliphatic carbocycles. The molecule has 0 aromatic carbocycles. The zero-order valence-corrected chi connectivity index (χ0v) is 13.8. The second kappa shape index (κ2) is 5.93. The summed E-state index contributed by atoms with van der Waals surface area (Å²) in [5.41, 5.74) is 0. The number of quaternary nitrogens is 2. The molecule has 0 aromatic heterocycles. The van der Waals surface area contributed by atoms with Gasteiger partial charge in [-0.05, 0) is 6.92 Å². The minimum absolute atomic E-state index is 0.151. The van der Waals surface area contributed by atoms with Gasteiger partial charge >= 0.3 is 46.5 Å². The van der Waals surface area contributed by atoms with Gasteiger partial charge < -0.3 is 13.5 Å². The number of nitrogens with zero attached hydrogens (tertiary/aromatic N) is 2. The molecule has 0 heterocycles. The number of carbonyl (C=O) groups excluding carboxylic acids is 1. The Labute approximate surface area is 121 Å². The molecule has 130 valence electrons. The average molecular weight is 346 g/mol. The maximum absolute atomic E-state index is 11.3. The van der Waals surface area contributed by atoms with Gasteiger partial charge in [0.1, 0.15) is 6.54 Å². The molecule has 0 aromatic rings. The van der Waals surface area contributed by atoms with Gasteiger partial charge in [0.05, 0.1) is 6.61 Å². The van der Waals surface area contributed by atoms with Crippen LogP contribution in [0.4, 0.5) is 25.2 Å². The number of esters is 1. The molecule has 4 nitrogen and oxygen atoms in total. The van der Waals surface area contributed by atoms with Crippen LogP contribution in [0.15, 0.2) is 0 Å². The first-order valence-corrected chi connectivity index (χ1v) is 7.87. The molecule has 0 N–H and O–H groups in total. The van der Waals surface area contributed by atoms with Crippen LogP contribution in [0.1, 0.15) is 6.92 Å². The zero-order chi connectivity index (χ0) is 17.8. The van der Waals surface area contributed by atoms with E-state index >= 15 is 0 Å². The quantitative estimate of drug-likeness (QED) is 0.331. The van der Waals surface area contributed by atoms with E-state index in [1.807, 2.05) is 21.0 Å². The maximum atomic E-state index is 11.3. The Kier molecular flexibility index (Phi) is 6.42. The van der Waals surface area contributed by atoms with Crippen LogP contribution in [0, 0.1) is 0 Å². The Morgan fingerprint density at radius 1 is 1.00 bits per heavy atom. The van der Waals surface area contributed by atoms with Crippen molar-refractivity contribution in [2.24, 2.45) is 0 Å². The summed E-state index contributed by atoms with van der Waals surface area (Å²) < 4.78 is 65.3. The van der Waals surface area contributed by atoms with E-state index in [4.69, 9.17) is 4.74 Å². The SMILES string of the molecule is CCOC(=O)C[N+](C)(C)[B-][N+](C)(C)C.F[P-](F)(F)(F)(F)F. The summed E-state index contributed by atoms with van der Waals surface area (Å²) in [6, 6.07) is 0. The third kappa shape index (κ3) is 32.7. The summed E-state index contributed by atoms with van der Waals surface area (Å²) in [6.07, 6.45) is 0. The molecule has 12 heteroatoms. The fourth-order valence-electron chi connectivity index (χ4n) is 1.52. The van der Waals surface area contributed by atoms with Gasteiger partial charge in [0.25, 0.3) is 0 Å². The molecule has 0 atom stereocenters. The molecule has 0 aliphatic rings. The van der Waals surface area contributed by atoms with E-state index in [1.54, 1.807) is 0 Å². The molecule has 0 aliphatic heterocycles. The van der Waals surface area contributed by atoms with Crippen LogP contribution in [-0.4, -0.2) is 70.7 Å². The van der Waals surface area contributed by atoms with Crippen LogP contribution in [0.2, 0.25) is 0 Å². The molecule has 0 fully saturated rings. The molecule has 0 unspecified atom stereocenters. The molecule has 0 spiro atoms. The van der Waals surface area contributed by atoms with Gasteiger partial charge in [-0.1, -0.05) is 0 Å². The third-order valence-corrected chi connectivity index (χ3v) is 1.50. The van der Waals surface area contributed by atoms with Crippen LogP contribution in [0.3, 0.4) is 0 Å². The fourth-order valence-corrected chi connectivity index (χ4v) is 1.52.